The Hall–Kier alpha value is -3.52. The fourth-order valence-electron chi connectivity index (χ4n) is 3.60. The van der Waals surface area contributed by atoms with Crippen LogP contribution in [0.2, 0.25) is 0 Å². The van der Waals surface area contributed by atoms with Gasteiger partial charge in [-0.15, -0.1) is 0 Å². The van der Waals surface area contributed by atoms with Gasteiger partial charge in [0.2, 0.25) is 0 Å². The zero-order chi connectivity index (χ0) is 20.6. The van der Waals surface area contributed by atoms with E-state index in [1.807, 2.05) is 12.1 Å². The van der Waals surface area contributed by atoms with Gasteiger partial charge >= 0.3 is 0 Å². The van der Waals surface area contributed by atoms with Crippen molar-refractivity contribution in [2.24, 2.45) is 0 Å². The van der Waals surface area contributed by atoms with Gasteiger partial charge in [0.1, 0.15) is 5.75 Å². The molecule has 0 aliphatic carbocycles. The van der Waals surface area contributed by atoms with E-state index in [0.29, 0.717) is 5.75 Å². The molecule has 4 rings (SSSR count). The first kappa shape index (κ1) is 19.8. The highest BCUT2D eigenvalue weighted by Gasteiger charge is 2.02. The van der Waals surface area contributed by atoms with Crippen molar-refractivity contribution in [3.63, 3.8) is 0 Å². The maximum Gasteiger partial charge on any atom is 0.115 e. The van der Waals surface area contributed by atoms with Crippen molar-refractivity contribution in [3.8, 4) is 5.75 Å². The van der Waals surface area contributed by atoms with Crippen molar-refractivity contribution in [2.45, 2.75) is 25.8 Å². The summed E-state index contributed by atoms with van der Waals surface area (Å²) >= 11 is 0. The number of hydrogen-bond acceptors (Lipinski definition) is 1. The van der Waals surface area contributed by atoms with Crippen molar-refractivity contribution in [1.82, 2.24) is 4.57 Å². The molecule has 4 aromatic rings. The van der Waals surface area contributed by atoms with Crippen LogP contribution < -0.4 is 0 Å². The number of fused-ring (bicyclic) bond motifs is 1. The second-order valence-corrected chi connectivity index (χ2v) is 7.57. The molecular formula is C28H27NO. The second kappa shape index (κ2) is 9.80. The summed E-state index contributed by atoms with van der Waals surface area (Å²) in [5.74, 6) is 0.308. The van der Waals surface area contributed by atoms with Crippen LogP contribution in [0.5, 0.6) is 5.75 Å². The largest absolute Gasteiger partial charge is 0.508 e. The summed E-state index contributed by atoms with van der Waals surface area (Å²) in [5, 5.41) is 10.6. The molecule has 0 saturated carbocycles. The molecule has 0 bridgehead atoms. The molecule has 0 atom stereocenters. The van der Waals surface area contributed by atoms with Crippen LogP contribution in [-0.4, -0.2) is 9.67 Å². The van der Waals surface area contributed by atoms with Gasteiger partial charge in [-0.2, -0.15) is 0 Å². The first-order chi connectivity index (χ1) is 14.8. The molecule has 0 radical (unpaired) electrons. The predicted octanol–water partition coefficient (Wildman–Crippen LogP) is 7.29. The van der Waals surface area contributed by atoms with Crippen molar-refractivity contribution < 1.29 is 5.11 Å². The lowest BCUT2D eigenvalue weighted by atomic mass is 10.1. The summed E-state index contributed by atoms with van der Waals surface area (Å²) in [6.07, 6.45) is 14.2. The zero-order valence-electron chi connectivity index (χ0n) is 17.1. The Bertz CT molecular complexity index is 1130. The number of phenols is 1. The molecule has 1 N–H and O–H groups in total. The fourth-order valence-corrected chi connectivity index (χ4v) is 3.60. The Morgan fingerprint density at radius 3 is 2.20 bits per heavy atom. The van der Waals surface area contributed by atoms with Crippen molar-refractivity contribution in [3.05, 3.63) is 114 Å². The van der Waals surface area contributed by atoms with Crippen LogP contribution in [0.15, 0.2) is 97.2 Å². The first-order valence-corrected chi connectivity index (χ1v) is 10.5. The van der Waals surface area contributed by atoms with Gasteiger partial charge in [-0.1, -0.05) is 78.9 Å². The highest BCUT2D eigenvalue weighted by Crippen LogP contribution is 2.20. The third-order valence-corrected chi connectivity index (χ3v) is 5.25. The minimum Gasteiger partial charge on any atom is -0.508 e. The summed E-state index contributed by atoms with van der Waals surface area (Å²) in [6.45, 7) is 0.894. The van der Waals surface area contributed by atoms with Gasteiger partial charge in [0, 0.05) is 18.3 Å². The van der Waals surface area contributed by atoms with Gasteiger partial charge in [0.05, 0.1) is 0 Å². The Morgan fingerprint density at radius 2 is 1.43 bits per heavy atom. The molecule has 1 heterocycles. The molecule has 0 unspecified atom stereocenters. The molecule has 0 amide bonds. The SMILES string of the molecule is Oc1ccc(/C=C/CCC/C=C/c2ccc3ccn(Cc4ccccc4)c3c2)cc1. The highest BCUT2D eigenvalue weighted by atomic mass is 16.3. The zero-order valence-corrected chi connectivity index (χ0v) is 17.1. The number of aromatic hydroxyl groups is 1. The summed E-state index contributed by atoms with van der Waals surface area (Å²) in [4.78, 5) is 0. The second-order valence-electron chi connectivity index (χ2n) is 7.57. The van der Waals surface area contributed by atoms with Crippen molar-refractivity contribution in [1.29, 1.82) is 0 Å². The van der Waals surface area contributed by atoms with Gasteiger partial charge < -0.3 is 9.67 Å². The minimum absolute atomic E-state index is 0.308. The van der Waals surface area contributed by atoms with Gasteiger partial charge in [-0.05, 0) is 65.6 Å². The summed E-state index contributed by atoms with van der Waals surface area (Å²) < 4.78 is 2.32. The topological polar surface area (TPSA) is 25.2 Å². The Balaban J connectivity index is 1.31. The number of benzene rings is 3. The van der Waals surface area contributed by atoms with Crippen molar-refractivity contribution in [2.75, 3.05) is 0 Å². The maximum absolute atomic E-state index is 9.31. The molecule has 0 saturated heterocycles. The van der Waals surface area contributed by atoms with Crippen LogP contribution >= 0.6 is 0 Å². The van der Waals surface area contributed by atoms with Crippen LogP contribution in [0.25, 0.3) is 23.1 Å². The van der Waals surface area contributed by atoms with Gasteiger partial charge in [0.15, 0.2) is 0 Å². The number of hydrogen-bond donors (Lipinski definition) is 1. The van der Waals surface area contributed by atoms with Crippen LogP contribution in [0.1, 0.15) is 36.0 Å². The predicted molar refractivity (Wildman–Crippen MR) is 128 cm³/mol. The molecular weight excluding hydrogens is 366 g/mol. The van der Waals surface area contributed by atoms with Crippen LogP contribution in [0.3, 0.4) is 0 Å². The van der Waals surface area contributed by atoms with E-state index in [0.717, 1.165) is 31.4 Å². The number of allylic oxidation sites excluding steroid dienone is 2. The number of rotatable bonds is 8. The quantitative estimate of drug-likeness (QED) is 0.312. The fraction of sp³-hybridized carbons (Fsp3) is 0.143. The normalized spacial score (nSPS) is 11.7. The Labute approximate surface area is 178 Å². The molecule has 3 aromatic carbocycles. The minimum atomic E-state index is 0.308. The molecule has 2 heteroatoms. The van der Waals surface area contributed by atoms with E-state index < -0.39 is 0 Å². The lowest BCUT2D eigenvalue weighted by Crippen LogP contribution is -1.97. The molecule has 150 valence electrons. The van der Waals surface area contributed by atoms with Crippen LogP contribution in [0, 0.1) is 0 Å². The number of unbranched alkanes of at least 4 members (excludes halogenated alkanes) is 2. The lowest BCUT2D eigenvalue weighted by molar-refractivity contribution is 0.475. The van der Waals surface area contributed by atoms with E-state index in [9.17, 15) is 5.11 Å². The molecule has 0 aliphatic rings. The van der Waals surface area contributed by atoms with E-state index in [2.05, 4.69) is 89.7 Å². The van der Waals surface area contributed by atoms with Crippen molar-refractivity contribution >= 4 is 23.1 Å². The first-order valence-electron chi connectivity index (χ1n) is 10.5. The molecule has 0 spiro atoms. The van der Waals surface area contributed by atoms with Crippen LogP contribution in [-0.2, 0) is 6.54 Å². The molecule has 0 aliphatic heterocycles. The molecule has 30 heavy (non-hydrogen) atoms. The third-order valence-electron chi connectivity index (χ3n) is 5.25. The monoisotopic (exact) mass is 393 g/mol. The Morgan fingerprint density at radius 1 is 0.733 bits per heavy atom. The third kappa shape index (κ3) is 5.30. The highest BCUT2D eigenvalue weighted by molar-refractivity contribution is 5.82. The number of nitrogens with zero attached hydrogens (tertiary/aromatic N) is 1. The van der Waals surface area contributed by atoms with Gasteiger partial charge in [0.25, 0.3) is 0 Å². The number of phenolic OH excluding ortho intramolecular Hbond substituents is 1. The molecule has 0 fully saturated rings. The van der Waals surface area contributed by atoms with Gasteiger partial charge in [-0.3, -0.25) is 0 Å². The van der Waals surface area contributed by atoms with E-state index in [1.54, 1.807) is 12.1 Å². The molecule has 2 nitrogen and oxygen atoms in total. The smallest absolute Gasteiger partial charge is 0.115 e. The lowest BCUT2D eigenvalue weighted by Gasteiger charge is -2.06. The average Bonchev–Trinajstić information content (AvgIpc) is 3.17. The average molecular weight is 394 g/mol. The van der Waals surface area contributed by atoms with Gasteiger partial charge in [-0.25, -0.2) is 0 Å². The molecule has 1 aromatic heterocycles. The summed E-state index contributed by atoms with van der Waals surface area (Å²) in [5.41, 5.74) is 4.96. The maximum atomic E-state index is 9.31. The standard InChI is InChI=1S/C28H27NO/c30-27-17-14-23(15-18-27)9-5-2-1-3-6-10-24-13-16-26-19-20-29(28(26)21-24)22-25-11-7-4-8-12-25/h4-21,30H,1-3,22H2/b9-5+,10-6+. The Kier molecular flexibility index (Phi) is 6.46. The summed E-state index contributed by atoms with van der Waals surface area (Å²) in [7, 11) is 0. The number of aromatic nitrogens is 1. The van der Waals surface area contributed by atoms with Crippen LogP contribution in [0.4, 0.5) is 0 Å². The van der Waals surface area contributed by atoms with E-state index >= 15 is 0 Å². The van der Waals surface area contributed by atoms with E-state index in [-0.39, 0.29) is 0 Å². The van der Waals surface area contributed by atoms with E-state index in [1.165, 1.54) is 22.0 Å². The summed E-state index contributed by atoms with van der Waals surface area (Å²) in [6, 6.07) is 26.7. The van der Waals surface area contributed by atoms with E-state index in [4.69, 9.17) is 0 Å².